The van der Waals surface area contributed by atoms with Gasteiger partial charge in [-0.15, -0.1) is 0 Å². The van der Waals surface area contributed by atoms with E-state index in [0.29, 0.717) is 5.75 Å². The molecule has 0 radical (unpaired) electrons. The maximum absolute atomic E-state index is 11.4. The van der Waals surface area contributed by atoms with E-state index < -0.39 is 18.0 Å². The normalized spacial score (nSPS) is 11.7. The van der Waals surface area contributed by atoms with Crippen LogP contribution >= 0.6 is 0 Å². The Balaban J connectivity index is 2.70. The highest BCUT2D eigenvalue weighted by Crippen LogP contribution is 2.17. The van der Waals surface area contributed by atoms with Crippen LogP contribution in [-0.2, 0) is 4.79 Å². The summed E-state index contributed by atoms with van der Waals surface area (Å²) in [6.07, 6.45) is -0.774. The first-order valence-electron chi connectivity index (χ1n) is 5.23. The van der Waals surface area contributed by atoms with Gasteiger partial charge in [-0.05, 0) is 44.0 Å². The van der Waals surface area contributed by atoms with Crippen LogP contribution in [0.5, 0.6) is 5.75 Å². The van der Waals surface area contributed by atoms with Crippen LogP contribution in [0, 0.1) is 13.8 Å². The first-order chi connectivity index (χ1) is 7.88. The average molecular weight is 236 g/mol. The highest BCUT2D eigenvalue weighted by molar-refractivity contribution is 5.95. The zero-order valence-corrected chi connectivity index (χ0v) is 10.1. The van der Waals surface area contributed by atoms with Gasteiger partial charge in [-0.1, -0.05) is 6.07 Å². The lowest BCUT2D eigenvalue weighted by Gasteiger charge is -2.14. The second kappa shape index (κ2) is 5.34. The summed E-state index contributed by atoms with van der Waals surface area (Å²) in [7, 11) is 0. The molecular formula is C12H16N2O3. The number of benzene rings is 1. The van der Waals surface area contributed by atoms with Gasteiger partial charge < -0.3 is 10.5 Å². The van der Waals surface area contributed by atoms with Crippen molar-refractivity contribution in [3.63, 3.8) is 0 Å². The number of carbonyl (C=O) groups is 2. The molecule has 0 aliphatic rings. The predicted molar refractivity (Wildman–Crippen MR) is 63.7 cm³/mol. The van der Waals surface area contributed by atoms with E-state index in [1.807, 2.05) is 37.4 Å². The van der Waals surface area contributed by atoms with Crippen molar-refractivity contribution in [3.8, 4) is 5.75 Å². The smallest absolute Gasteiger partial charge is 0.318 e. The maximum atomic E-state index is 11.4. The Morgan fingerprint density at radius 3 is 2.24 bits per heavy atom. The molecule has 92 valence electrons. The number of hydrogen-bond donors (Lipinski definition) is 2. The first kappa shape index (κ1) is 13.0. The summed E-state index contributed by atoms with van der Waals surface area (Å²) in [5, 5.41) is 1.97. The van der Waals surface area contributed by atoms with E-state index in [1.165, 1.54) is 0 Å². The minimum Gasteiger partial charge on any atom is -0.481 e. The number of amides is 3. The van der Waals surface area contributed by atoms with E-state index in [1.54, 1.807) is 6.92 Å². The van der Waals surface area contributed by atoms with Gasteiger partial charge in [0.25, 0.3) is 5.91 Å². The zero-order valence-electron chi connectivity index (χ0n) is 10.1. The molecule has 1 aromatic rings. The quantitative estimate of drug-likeness (QED) is 0.829. The van der Waals surface area contributed by atoms with Crippen LogP contribution in [-0.4, -0.2) is 18.0 Å². The zero-order chi connectivity index (χ0) is 13.0. The molecule has 17 heavy (non-hydrogen) atoms. The van der Waals surface area contributed by atoms with E-state index in [9.17, 15) is 9.59 Å². The molecule has 0 aliphatic carbocycles. The Bertz CT molecular complexity index is 423. The van der Waals surface area contributed by atoms with Crippen molar-refractivity contribution >= 4 is 11.9 Å². The third kappa shape index (κ3) is 4.14. The molecule has 0 saturated heterocycles. The number of carbonyl (C=O) groups excluding carboxylic acids is 2. The lowest BCUT2D eigenvalue weighted by molar-refractivity contribution is -0.126. The third-order valence-corrected chi connectivity index (χ3v) is 2.12. The van der Waals surface area contributed by atoms with E-state index in [-0.39, 0.29) is 0 Å². The number of hydrogen-bond acceptors (Lipinski definition) is 3. The molecule has 0 aliphatic heterocycles. The van der Waals surface area contributed by atoms with Gasteiger partial charge in [0.1, 0.15) is 5.75 Å². The summed E-state index contributed by atoms with van der Waals surface area (Å²) >= 11 is 0. The fourth-order valence-electron chi connectivity index (χ4n) is 1.48. The van der Waals surface area contributed by atoms with Crippen LogP contribution in [0.4, 0.5) is 4.79 Å². The number of aryl methyl sites for hydroxylation is 2. The van der Waals surface area contributed by atoms with E-state index in [2.05, 4.69) is 0 Å². The molecule has 0 bridgehead atoms. The monoisotopic (exact) mass is 236 g/mol. The van der Waals surface area contributed by atoms with Gasteiger partial charge in [0, 0.05) is 0 Å². The molecule has 0 saturated carbocycles. The van der Waals surface area contributed by atoms with Gasteiger partial charge in [-0.25, -0.2) is 4.79 Å². The summed E-state index contributed by atoms with van der Waals surface area (Å²) in [5.41, 5.74) is 6.93. The Labute approximate surface area is 99.9 Å². The fourth-order valence-corrected chi connectivity index (χ4v) is 1.48. The molecule has 1 aromatic carbocycles. The summed E-state index contributed by atoms with van der Waals surface area (Å²) in [6.45, 7) is 5.43. The van der Waals surface area contributed by atoms with Crippen LogP contribution in [0.1, 0.15) is 18.1 Å². The first-order valence-corrected chi connectivity index (χ1v) is 5.23. The van der Waals surface area contributed by atoms with Crippen molar-refractivity contribution in [1.29, 1.82) is 0 Å². The number of primary amides is 1. The molecule has 3 N–H and O–H groups in total. The van der Waals surface area contributed by atoms with Gasteiger partial charge >= 0.3 is 6.03 Å². The van der Waals surface area contributed by atoms with Crippen molar-refractivity contribution in [2.24, 2.45) is 5.73 Å². The van der Waals surface area contributed by atoms with Crippen LogP contribution in [0.2, 0.25) is 0 Å². The molecule has 0 aromatic heterocycles. The summed E-state index contributed by atoms with van der Waals surface area (Å²) < 4.78 is 5.42. The Hall–Kier alpha value is -2.04. The molecule has 1 rings (SSSR count). The van der Waals surface area contributed by atoms with E-state index in [4.69, 9.17) is 10.5 Å². The molecule has 5 nitrogen and oxygen atoms in total. The van der Waals surface area contributed by atoms with Crippen molar-refractivity contribution in [1.82, 2.24) is 5.32 Å². The summed E-state index contributed by atoms with van der Waals surface area (Å²) in [5.74, 6) is 0.0336. The molecule has 0 fully saturated rings. The highest BCUT2D eigenvalue weighted by atomic mass is 16.5. The van der Waals surface area contributed by atoms with Crippen molar-refractivity contribution < 1.29 is 14.3 Å². The molecule has 3 amide bonds. The predicted octanol–water partition coefficient (Wildman–Crippen LogP) is 1.27. The third-order valence-electron chi connectivity index (χ3n) is 2.12. The Kier molecular flexibility index (Phi) is 4.09. The number of rotatable bonds is 3. The second-order valence-electron chi connectivity index (χ2n) is 3.94. The summed E-state index contributed by atoms with van der Waals surface area (Å²) in [4.78, 5) is 21.9. The number of ether oxygens (including phenoxy) is 1. The highest BCUT2D eigenvalue weighted by Gasteiger charge is 2.16. The van der Waals surface area contributed by atoms with Gasteiger partial charge in [0.2, 0.25) is 0 Å². The van der Waals surface area contributed by atoms with Crippen LogP contribution < -0.4 is 15.8 Å². The molecule has 5 heteroatoms. The molecular weight excluding hydrogens is 220 g/mol. The topological polar surface area (TPSA) is 81.4 Å². The molecule has 0 heterocycles. The van der Waals surface area contributed by atoms with Gasteiger partial charge in [0.15, 0.2) is 6.10 Å². The van der Waals surface area contributed by atoms with Crippen LogP contribution in [0.3, 0.4) is 0 Å². The Morgan fingerprint density at radius 2 is 1.76 bits per heavy atom. The number of urea groups is 1. The minimum absolute atomic E-state index is 0.559. The molecule has 1 atom stereocenters. The van der Waals surface area contributed by atoms with E-state index >= 15 is 0 Å². The van der Waals surface area contributed by atoms with Crippen molar-refractivity contribution in [2.75, 3.05) is 0 Å². The Morgan fingerprint density at radius 1 is 1.24 bits per heavy atom. The fraction of sp³-hybridized carbons (Fsp3) is 0.333. The number of nitrogens with two attached hydrogens (primary N) is 1. The largest absolute Gasteiger partial charge is 0.481 e. The van der Waals surface area contributed by atoms with Crippen molar-refractivity contribution in [2.45, 2.75) is 26.9 Å². The SMILES string of the molecule is Cc1cc(C)cc(O[C@@H](C)C(=O)NC(N)=O)c1. The second-order valence-corrected chi connectivity index (χ2v) is 3.94. The standard InChI is InChI=1S/C12H16N2O3/c1-7-4-8(2)6-10(5-7)17-9(3)11(15)14-12(13)16/h4-6,9H,1-3H3,(H3,13,14,15,16)/t9-/m0/s1. The van der Waals surface area contributed by atoms with Crippen LogP contribution in [0.25, 0.3) is 0 Å². The lowest BCUT2D eigenvalue weighted by atomic mass is 10.1. The number of imide groups is 1. The average Bonchev–Trinajstić information content (AvgIpc) is 2.14. The molecule has 0 unspecified atom stereocenters. The van der Waals surface area contributed by atoms with Crippen LogP contribution in [0.15, 0.2) is 18.2 Å². The summed E-state index contributed by atoms with van der Waals surface area (Å²) in [6, 6.07) is 4.76. The maximum Gasteiger partial charge on any atom is 0.318 e. The molecule has 0 spiro atoms. The van der Waals surface area contributed by atoms with Gasteiger partial charge in [0.05, 0.1) is 0 Å². The van der Waals surface area contributed by atoms with Gasteiger partial charge in [-0.3, -0.25) is 10.1 Å². The number of nitrogens with one attached hydrogen (secondary N) is 1. The van der Waals surface area contributed by atoms with Crippen molar-refractivity contribution in [3.05, 3.63) is 29.3 Å². The lowest BCUT2D eigenvalue weighted by Crippen LogP contribution is -2.42. The minimum atomic E-state index is -0.883. The van der Waals surface area contributed by atoms with Gasteiger partial charge in [-0.2, -0.15) is 0 Å². The van der Waals surface area contributed by atoms with E-state index in [0.717, 1.165) is 11.1 Å².